The van der Waals surface area contributed by atoms with Crippen molar-refractivity contribution in [3.8, 4) is 17.2 Å². The zero-order valence-corrected chi connectivity index (χ0v) is 11.5. The molecule has 1 aromatic carbocycles. The predicted molar refractivity (Wildman–Crippen MR) is 75.8 cm³/mol. The van der Waals surface area contributed by atoms with E-state index in [0.29, 0.717) is 24.7 Å². The minimum atomic E-state index is -0.134. The Hall–Kier alpha value is -2.43. The fourth-order valence-electron chi connectivity index (χ4n) is 1.72. The second kappa shape index (κ2) is 6.65. The van der Waals surface area contributed by atoms with Crippen LogP contribution in [0.2, 0.25) is 0 Å². The summed E-state index contributed by atoms with van der Waals surface area (Å²) in [7, 11) is 1.61. The van der Waals surface area contributed by atoms with Crippen molar-refractivity contribution in [1.29, 1.82) is 0 Å². The summed E-state index contributed by atoms with van der Waals surface area (Å²) in [5.74, 6) is 1.85. The molecule has 0 spiro atoms. The standard InChI is InChI=1S/C15H17NO4/c1-11-15(14(17)7-8-16-11)20-10-9-19-13-5-3-12(18-2)4-6-13/h3-8H,9-10H2,1-2H3,(H,16,17). The van der Waals surface area contributed by atoms with Crippen LogP contribution in [-0.2, 0) is 0 Å². The number of H-pyrrole nitrogens is 1. The lowest BCUT2D eigenvalue weighted by atomic mass is 10.3. The Bertz CT molecular complexity index is 604. The minimum absolute atomic E-state index is 0.134. The average Bonchev–Trinajstić information content (AvgIpc) is 2.46. The van der Waals surface area contributed by atoms with Gasteiger partial charge in [-0.15, -0.1) is 0 Å². The van der Waals surface area contributed by atoms with Crippen molar-refractivity contribution in [1.82, 2.24) is 4.98 Å². The van der Waals surface area contributed by atoms with Crippen molar-refractivity contribution in [2.24, 2.45) is 0 Å². The van der Waals surface area contributed by atoms with Crippen molar-refractivity contribution >= 4 is 0 Å². The van der Waals surface area contributed by atoms with Crippen molar-refractivity contribution in [2.75, 3.05) is 20.3 Å². The van der Waals surface area contributed by atoms with Gasteiger partial charge in [0.15, 0.2) is 5.75 Å². The Kier molecular flexibility index (Phi) is 4.65. The molecule has 1 aromatic heterocycles. The van der Waals surface area contributed by atoms with E-state index in [9.17, 15) is 4.79 Å². The number of hydrogen-bond acceptors (Lipinski definition) is 4. The number of methoxy groups -OCH3 is 1. The number of benzene rings is 1. The summed E-state index contributed by atoms with van der Waals surface area (Å²) in [5, 5.41) is 0. The molecule has 0 amide bonds. The van der Waals surface area contributed by atoms with E-state index in [1.807, 2.05) is 24.3 Å². The van der Waals surface area contributed by atoms with Gasteiger partial charge in [-0.1, -0.05) is 0 Å². The first-order valence-corrected chi connectivity index (χ1v) is 6.28. The topological polar surface area (TPSA) is 60.6 Å². The Balaban J connectivity index is 1.83. The number of pyridine rings is 1. The summed E-state index contributed by atoms with van der Waals surface area (Å²) in [5.41, 5.74) is 0.577. The molecule has 1 heterocycles. The maximum atomic E-state index is 11.6. The Morgan fingerprint density at radius 1 is 1.00 bits per heavy atom. The SMILES string of the molecule is COc1ccc(OCCOc2c(C)[nH]ccc2=O)cc1. The van der Waals surface area contributed by atoms with E-state index in [-0.39, 0.29) is 5.43 Å². The highest BCUT2D eigenvalue weighted by molar-refractivity contribution is 5.31. The molecule has 0 radical (unpaired) electrons. The quantitative estimate of drug-likeness (QED) is 0.821. The highest BCUT2D eigenvalue weighted by Crippen LogP contribution is 2.16. The van der Waals surface area contributed by atoms with E-state index < -0.39 is 0 Å². The van der Waals surface area contributed by atoms with Gasteiger partial charge < -0.3 is 19.2 Å². The number of aromatic nitrogens is 1. The Labute approximate surface area is 117 Å². The molecule has 0 unspecified atom stereocenters. The second-order valence-corrected chi connectivity index (χ2v) is 4.17. The summed E-state index contributed by atoms with van der Waals surface area (Å²) in [6, 6.07) is 8.72. The third kappa shape index (κ3) is 3.54. The third-order valence-electron chi connectivity index (χ3n) is 2.76. The van der Waals surface area contributed by atoms with Gasteiger partial charge >= 0.3 is 0 Å². The molecule has 0 fully saturated rings. The summed E-state index contributed by atoms with van der Waals surface area (Å²) in [6.07, 6.45) is 1.60. The second-order valence-electron chi connectivity index (χ2n) is 4.17. The van der Waals surface area contributed by atoms with Crippen LogP contribution in [-0.4, -0.2) is 25.3 Å². The molecule has 0 saturated carbocycles. The summed E-state index contributed by atoms with van der Waals surface area (Å²) < 4.78 is 16.0. The van der Waals surface area contributed by atoms with Gasteiger partial charge in [0.25, 0.3) is 0 Å². The zero-order chi connectivity index (χ0) is 14.4. The third-order valence-corrected chi connectivity index (χ3v) is 2.76. The lowest BCUT2D eigenvalue weighted by molar-refractivity contribution is 0.214. The molecule has 0 saturated heterocycles. The fraction of sp³-hybridized carbons (Fsp3) is 0.267. The molecule has 0 atom stereocenters. The molecular weight excluding hydrogens is 258 g/mol. The highest BCUT2D eigenvalue weighted by atomic mass is 16.5. The largest absolute Gasteiger partial charge is 0.497 e. The zero-order valence-electron chi connectivity index (χ0n) is 11.5. The molecule has 0 aliphatic heterocycles. The van der Waals surface area contributed by atoms with Crippen molar-refractivity contribution < 1.29 is 14.2 Å². The van der Waals surface area contributed by atoms with Gasteiger partial charge in [0.1, 0.15) is 24.7 Å². The van der Waals surface area contributed by atoms with Crippen LogP contribution in [0.5, 0.6) is 17.2 Å². The van der Waals surface area contributed by atoms with Gasteiger partial charge in [-0.2, -0.15) is 0 Å². The van der Waals surface area contributed by atoms with Crippen LogP contribution in [0.25, 0.3) is 0 Å². The maximum absolute atomic E-state index is 11.6. The summed E-state index contributed by atoms with van der Waals surface area (Å²) >= 11 is 0. The van der Waals surface area contributed by atoms with E-state index in [0.717, 1.165) is 11.5 Å². The first-order valence-electron chi connectivity index (χ1n) is 6.28. The molecule has 20 heavy (non-hydrogen) atoms. The summed E-state index contributed by atoms with van der Waals surface area (Å²) in [4.78, 5) is 14.5. The number of hydrogen-bond donors (Lipinski definition) is 1. The Morgan fingerprint density at radius 2 is 1.65 bits per heavy atom. The van der Waals surface area contributed by atoms with E-state index >= 15 is 0 Å². The first kappa shape index (κ1) is 14.0. The Morgan fingerprint density at radius 3 is 2.30 bits per heavy atom. The van der Waals surface area contributed by atoms with Gasteiger partial charge in [0, 0.05) is 12.3 Å². The van der Waals surface area contributed by atoms with Gasteiger partial charge in [-0.25, -0.2) is 0 Å². The molecular formula is C15H17NO4. The first-order chi connectivity index (χ1) is 9.70. The van der Waals surface area contributed by atoms with Crippen LogP contribution in [0.3, 0.4) is 0 Å². The van der Waals surface area contributed by atoms with Gasteiger partial charge in [0.05, 0.1) is 12.8 Å². The lowest BCUT2D eigenvalue weighted by Gasteiger charge is -2.09. The fourth-order valence-corrected chi connectivity index (χ4v) is 1.72. The predicted octanol–water partition coefficient (Wildman–Crippen LogP) is 2.15. The molecule has 0 aliphatic carbocycles. The van der Waals surface area contributed by atoms with Gasteiger partial charge in [0.2, 0.25) is 5.43 Å². The molecule has 5 heteroatoms. The highest BCUT2D eigenvalue weighted by Gasteiger charge is 2.04. The van der Waals surface area contributed by atoms with E-state index in [2.05, 4.69) is 4.98 Å². The van der Waals surface area contributed by atoms with Gasteiger partial charge in [-0.05, 0) is 31.2 Å². The van der Waals surface area contributed by atoms with Crippen LogP contribution < -0.4 is 19.6 Å². The van der Waals surface area contributed by atoms with Crippen molar-refractivity contribution in [3.63, 3.8) is 0 Å². The van der Waals surface area contributed by atoms with Crippen molar-refractivity contribution in [2.45, 2.75) is 6.92 Å². The molecule has 106 valence electrons. The maximum Gasteiger partial charge on any atom is 0.223 e. The number of ether oxygens (including phenoxy) is 3. The normalized spacial score (nSPS) is 10.1. The minimum Gasteiger partial charge on any atom is -0.497 e. The van der Waals surface area contributed by atoms with Crippen LogP contribution in [0.15, 0.2) is 41.3 Å². The van der Waals surface area contributed by atoms with Gasteiger partial charge in [-0.3, -0.25) is 4.79 Å². The molecule has 0 bridgehead atoms. The molecule has 2 rings (SSSR count). The van der Waals surface area contributed by atoms with Crippen LogP contribution in [0.1, 0.15) is 5.69 Å². The number of aryl methyl sites for hydroxylation is 1. The number of rotatable bonds is 6. The lowest BCUT2D eigenvalue weighted by Crippen LogP contribution is -2.15. The molecule has 1 N–H and O–H groups in total. The summed E-state index contributed by atoms with van der Waals surface area (Å²) in [6.45, 7) is 2.46. The number of nitrogens with one attached hydrogen (secondary N) is 1. The van der Waals surface area contributed by atoms with Crippen LogP contribution >= 0.6 is 0 Å². The smallest absolute Gasteiger partial charge is 0.223 e. The molecule has 0 aliphatic rings. The van der Waals surface area contributed by atoms with E-state index in [1.165, 1.54) is 6.07 Å². The number of aromatic amines is 1. The van der Waals surface area contributed by atoms with Crippen LogP contribution in [0.4, 0.5) is 0 Å². The monoisotopic (exact) mass is 275 g/mol. The van der Waals surface area contributed by atoms with Crippen molar-refractivity contribution in [3.05, 3.63) is 52.4 Å². The molecule has 2 aromatic rings. The van der Waals surface area contributed by atoms with E-state index in [4.69, 9.17) is 14.2 Å². The van der Waals surface area contributed by atoms with Crippen LogP contribution in [0, 0.1) is 6.92 Å². The molecule has 5 nitrogen and oxygen atoms in total. The average molecular weight is 275 g/mol. The van der Waals surface area contributed by atoms with E-state index in [1.54, 1.807) is 20.2 Å².